The summed E-state index contributed by atoms with van der Waals surface area (Å²) >= 11 is 0. The van der Waals surface area contributed by atoms with Crippen molar-refractivity contribution in [1.29, 1.82) is 0 Å². The lowest BCUT2D eigenvalue weighted by Crippen LogP contribution is -2.51. The summed E-state index contributed by atoms with van der Waals surface area (Å²) < 4.78 is 5.58. The highest BCUT2D eigenvalue weighted by molar-refractivity contribution is 5.97. The van der Waals surface area contributed by atoms with Crippen LogP contribution in [-0.2, 0) is 14.4 Å². The molecule has 0 radical (unpaired) electrons. The first-order valence-corrected chi connectivity index (χ1v) is 10.3. The molecule has 0 bridgehead atoms. The summed E-state index contributed by atoms with van der Waals surface area (Å²) in [6, 6.07) is 7.59. The zero-order valence-corrected chi connectivity index (χ0v) is 17.2. The molecule has 1 N–H and O–H groups in total. The van der Waals surface area contributed by atoms with E-state index in [0.717, 1.165) is 5.69 Å². The molecule has 1 aromatic carbocycles. The van der Waals surface area contributed by atoms with Gasteiger partial charge in [-0.25, -0.2) is 0 Å². The maximum Gasteiger partial charge on any atom is 0.234 e. The second kappa shape index (κ2) is 9.73. The fourth-order valence-electron chi connectivity index (χ4n) is 3.66. The van der Waals surface area contributed by atoms with E-state index in [1.54, 1.807) is 9.80 Å². The molecule has 0 saturated carbocycles. The normalized spacial score (nSPS) is 16.9. The van der Waals surface area contributed by atoms with E-state index in [1.165, 1.54) is 0 Å². The van der Waals surface area contributed by atoms with Crippen LogP contribution < -0.4 is 15.0 Å². The van der Waals surface area contributed by atoms with Crippen LogP contribution in [0.3, 0.4) is 0 Å². The Labute approximate surface area is 171 Å². The van der Waals surface area contributed by atoms with Crippen molar-refractivity contribution in [3.8, 4) is 5.75 Å². The average Bonchev–Trinajstić information content (AvgIpc) is 2.71. The SMILES string of the molecule is CC(C)NC(=O)CN1CCN(C(=O)CCC(=O)N2CCOc3ccccc32)CC1. The molecule has 2 aliphatic heterocycles. The Bertz CT molecular complexity index is 744. The molecule has 0 spiro atoms. The highest BCUT2D eigenvalue weighted by atomic mass is 16.5. The summed E-state index contributed by atoms with van der Waals surface area (Å²) in [4.78, 5) is 42.6. The van der Waals surface area contributed by atoms with Crippen LogP contribution in [0.2, 0.25) is 0 Å². The second-order valence-electron chi connectivity index (χ2n) is 7.74. The monoisotopic (exact) mass is 402 g/mol. The number of carbonyl (C=O) groups excluding carboxylic acids is 3. The zero-order valence-electron chi connectivity index (χ0n) is 17.2. The molecular weight excluding hydrogens is 372 g/mol. The third kappa shape index (κ3) is 5.69. The number of nitrogens with one attached hydrogen (secondary N) is 1. The minimum absolute atomic E-state index is 0.00817. The smallest absolute Gasteiger partial charge is 0.234 e. The number of hydrogen-bond donors (Lipinski definition) is 1. The number of ether oxygens (including phenoxy) is 1. The number of para-hydroxylation sites is 2. The molecule has 8 nitrogen and oxygen atoms in total. The fourth-order valence-corrected chi connectivity index (χ4v) is 3.66. The van der Waals surface area contributed by atoms with Crippen LogP contribution in [0, 0.1) is 0 Å². The van der Waals surface area contributed by atoms with Gasteiger partial charge in [0.25, 0.3) is 0 Å². The number of amides is 3. The molecule has 0 unspecified atom stereocenters. The first-order chi connectivity index (χ1) is 13.9. The van der Waals surface area contributed by atoms with Crippen molar-refractivity contribution in [2.45, 2.75) is 32.7 Å². The van der Waals surface area contributed by atoms with Crippen LogP contribution in [0.5, 0.6) is 5.75 Å². The van der Waals surface area contributed by atoms with E-state index in [1.807, 2.05) is 38.1 Å². The Hall–Kier alpha value is -2.61. The van der Waals surface area contributed by atoms with Gasteiger partial charge in [0.15, 0.2) is 0 Å². The van der Waals surface area contributed by atoms with Crippen molar-refractivity contribution in [3.63, 3.8) is 0 Å². The minimum atomic E-state index is -0.0573. The lowest BCUT2D eigenvalue weighted by molar-refractivity contribution is -0.135. The average molecular weight is 402 g/mol. The van der Waals surface area contributed by atoms with Crippen LogP contribution >= 0.6 is 0 Å². The Morgan fingerprint density at radius 2 is 1.69 bits per heavy atom. The summed E-state index contributed by atoms with van der Waals surface area (Å²) in [5.74, 6) is 0.650. The quantitative estimate of drug-likeness (QED) is 0.763. The lowest BCUT2D eigenvalue weighted by Gasteiger charge is -2.34. The van der Waals surface area contributed by atoms with Crippen molar-refractivity contribution >= 4 is 23.4 Å². The highest BCUT2D eigenvalue weighted by Gasteiger charge is 2.26. The Balaban J connectivity index is 1.43. The van der Waals surface area contributed by atoms with Gasteiger partial charge in [-0.3, -0.25) is 19.3 Å². The van der Waals surface area contributed by atoms with E-state index in [4.69, 9.17) is 4.74 Å². The number of anilines is 1. The van der Waals surface area contributed by atoms with Gasteiger partial charge in [-0.1, -0.05) is 12.1 Å². The number of carbonyl (C=O) groups is 3. The van der Waals surface area contributed by atoms with E-state index in [2.05, 4.69) is 10.2 Å². The molecular formula is C21H30N4O4. The standard InChI is InChI=1S/C21H30N4O4/c1-16(2)22-19(26)15-23-9-11-24(12-10-23)20(27)7-8-21(28)25-13-14-29-18-6-4-3-5-17(18)25/h3-6,16H,7-15H2,1-2H3,(H,22,26). The minimum Gasteiger partial charge on any atom is -0.490 e. The van der Waals surface area contributed by atoms with Gasteiger partial charge in [0.05, 0.1) is 18.8 Å². The van der Waals surface area contributed by atoms with Crippen molar-refractivity contribution in [2.24, 2.45) is 0 Å². The van der Waals surface area contributed by atoms with Gasteiger partial charge >= 0.3 is 0 Å². The van der Waals surface area contributed by atoms with Crippen molar-refractivity contribution < 1.29 is 19.1 Å². The fraction of sp³-hybridized carbons (Fsp3) is 0.571. The molecule has 1 saturated heterocycles. The lowest BCUT2D eigenvalue weighted by atomic mass is 10.2. The number of benzene rings is 1. The Kier molecular flexibility index (Phi) is 7.09. The predicted molar refractivity (Wildman–Crippen MR) is 110 cm³/mol. The van der Waals surface area contributed by atoms with E-state index < -0.39 is 0 Å². The number of hydrogen-bond acceptors (Lipinski definition) is 5. The molecule has 8 heteroatoms. The van der Waals surface area contributed by atoms with Gasteiger partial charge in [-0.05, 0) is 26.0 Å². The Morgan fingerprint density at radius 3 is 2.41 bits per heavy atom. The maximum absolute atomic E-state index is 12.7. The third-order valence-electron chi connectivity index (χ3n) is 5.12. The molecule has 3 rings (SSSR count). The molecule has 0 aliphatic carbocycles. The van der Waals surface area contributed by atoms with Gasteiger partial charge in [-0.15, -0.1) is 0 Å². The van der Waals surface area contributed by atoms with Crippen LogP contribution in [0.4, 0.5) is 5.69 Å². The van der Waals surface area contributed by atoms with Crippen molar-refractivity contribution in [3.05, 3.63) is 24.3 Å². The summed E-state index contributed by atoms with van der Waals surface area (Å²) in [5.41, 5.74) is 0.768. The number of nitrogens with zero attached hydrogens (tertiary/aromatic N) is 3. The first kappa shape index (κ1) is 21.1. The van der Waals surface area contributed by atoms with E-state index in [9.17, 15) is 14.4 Å². The summed E-state index contributed by atoms with van der Waals surface area (Å²) in [7, 11) is 0. The second-order valence-corrected chi connectivity index (χ2v) is 7.74. The number of fused-ring (bicyclic) bond motifs is 1. The molecule has 0 atom stereocenters. The van der Waals surface area contributed by atoms with Crippen LogP contribution in [-0.4, -0.2) is 79.4 Å². The van der Waals surface area contributed by atoms with E-state index in [0.29, 0.717) is 51.6 Å². The maximum atomic E-state index is 12.7. The predicted octanol–water partition coefficient (Wildman–Crippen LogP) is 0.861. The molecule has 3 amide bonds. The van der Waals surface area contributed by atoms with Crippen LogP contribution in [0.1, 0.15) is 26.7 Å². The molecule has 29 heavy (non-hydrogen) atoms. The van der Waals surface area contributed by atoms with Gasteiger partial charge in [-0.2, -0.15) is 0 Å². The molecule has 2 heterocycles. The van der Waals surface area contributed by atoms with Crippen LogP contribution in [0.25, 0.3) is 0 Å². The van der Waals surface area contributed by atoms with Crippen LogP contribution in [0.15, 0.2) is 24.3 Å². The van der Waals surface area contributed by atoms with Crippen molar-refractivity contribution in [2.75, 3.05) is 50.8 Å². The summed E-state index contributed by atoms with van der Waals surface area (Å²) in [5, 5.41) is 2.88. The zero-order chi connectivity index (χ0) is 20.8. The summed E-state index contributed by atoms with van der Waals surface area (Å²) in [6.45, 7) is 7.70. The van der Waals surface area contributed by atoms with E-state index in [-0.39, 0.29) is 36.6 Å². The highest BCUT2D eigenvalue weighted by Crippen LogP contribution is 2.31. The van der Waals surface area contributed by atoms with E-state index >= 15 is 0 Å². The largest absolute Gasteiger partial charge is 0.490 e. The van der Waals surface area contributed by atoms with Crippen molar-refractivity contribution in [1.82, 2.24) is 15.1 Å². The molecule has 158 valence electrons. The number of piperazine rings is 1. The van der Waals surface area contributed by atoms with Gasteiger partial charge in [0, 0.05) is 45.1 Å². The number of rotatable bonds is 6. The molecule has 2 aliphatic rings. The Morgan fingerprint density at radius 1 is 1.00 bits per heavy atom. The summed E-state index contributed by atoms with van der Waals surface area (Å²) in [6.07, 6.45) is 0.385. The van der Waals surface area contributed by atoms with Gasteiger partial charge < -0.3 is 19.9 Å². The first-order valence-electron chi connectivity index (χ1n) is 10.3. The molecule has 1 aromatic rings. The van der Waals surface area contributed by atoms with Gasteiger partial charge in [0.1, 0.15) is 12.4 Å². The molecule has 1 fully saturated rings. The molecule has 0 aromatic heterocycles. The van der Waals surface area contributed by atoms with Gasteiger partial charge in [0.2, 0.25) is 17.7 Å². The topological polar surface area (TPSA) is 82.2 Å². The third-order valence-corrected chi connectivity index (χ3v) is 5.12.